The summed E-state index contributed by atoms with van der Waals surface area (Å²) in [4.78, 5) is 0. The van der Waals surface area contributed by atoms with Crippen LogP contribution in [-0.2, 0) is 0 Å². The van der Waals surface area contributed by atoms with Gasteiger partial charge >= 0.3 is 0 Å². The average Bonchev–Trinajstić information content (AvgIpc) is 0.647. The molecule has 0 aromatic heterocycles. The molecule has 0 bridgehead atoms. The van der Waals surface area contributed by atoms with E-state index in [0.29, 0.717) is 0 Å². The fourth-order valence-corrected chi connectivity index (χ4v) is 26.8. The quantitative estimate of drug-likeness (QED) is 0.0808. The maximum atomic E-state index is 2.89. The van der Waals surface area contributed by atoms with E-state index in [1.54, 1.807) is 0 Å². The second-order valence-corrected chi connectivity index (χ2v) is 35.3. The average molecular weight is 2190 g/mol. The third-order valence-electron chi connectivity index (χ3n) is 21.7. The van der Waals surface area contributed by atoms with Crippen molar-refractivity contribution in [3.05, 3.63) is 308 Å². The molecular formula is C94H46I8. The lowest BCUT2D eigenvalue weighted by atomic mass is 9.73. The highest BCUT2D eigenvalue weighted by molar-refractivity contribution is 14.1. The van der Waals surface area contributed by atoms with Gasteiger partial charge in [-0.1, -0.05) is 279 Å². The number of fused-ring (bicyclic) bond motifs is 6. The van der Waals surface area contributed by atoms with Crippen molar-refractivity contribution in [2.24, 2.45) is 0 Å². The molecule has 0 unspecified atom stereocenters. The van der Waals surface area contributed by atoms with Crippen molar-refractivity contribution in [1.82, 2.24) is 0 Å². The molecule has 8 heteroatoms. The van der Waals surface area contributed by atoms with E-state index in [1.807, 2.05) is 0 Å². The molecule has 0 heterocycles. The Balaban J connectivity index is 1.17. The molecule has 0 aliphatic carbocycles. The van der Waals surface area contributed by atoms with Crippen LogP contribution in [0.15, 0.2) is 279 Å². The molecule has 21 rings (SSSR count). The van der Waals surface area contributed by atoms with Crippen LogP contribution in [0, 0.1) is 28.6 Å². The number of rotatable bonds is 8. The van der Waals surface area contributed by atoms with Gasteiger partial charge in [0.1, 0.15) is 0 Å². The van der Waals surface area contributed by atoms with Crippen molar-refractivity contribution in [3.8, 4) is 89.0 Å². The van der Waals surface area contributed by atoms with Crippen molar-refractivity contribution in [2.45, 2.75) is 0 Å². The first-order valence-electron chi connectivity index (χ1n) is 33.8. The van der Waals surface area contributed by atoms with E-state index in [0.717, 1.165) is 0 Å². The van der Waals surface area contributed by atoms with Crippen LogP contribution in [-0.4, -0.2) is 0 Å². The molecule has 0 saturated carbocycles. The fourth-order valence-electron chi connectivity index (χ4n) is 17.9. The van der Waals surface area contributed by atoms with E-state index in [1.165, 1.54) is 247 Å². The molecule has 21 aromatic carbocycles. The van der Waals surface area contributed by atoms with Gasteiger partial charge in [-0.3, -0.25) is 0 Å². The van der Waals surface area contributed by atoms with Gasteiger partial charge in [0.25, 0.3) is 0 Å². The molecule has 0 N–H and O–H groups in total. The number of benzene rings is 21. The predicted octanol–water partition coefficient (Wildman–Crippen LogP) is 31.4. The summed E-state index contributed by atoms with van der Waals surface area (Å²) in [6, 6.07) is 105. The lowest BCUT2D eigenvalue weighted by Crippen LogP contribution is -2.06. The van der Waals surface area contributed by atoms with Crippen LogP contribution in [0.3, 0.4) is 0 Å². The normalized spacial score (nSPS) is 12.3. The highest BCUT2D eigenvalue weighted by atomic mass is 127. The Morgan fingerprint density at radius 1 is 0.108 bits per heavy atom. The molecule has 0 radical (unpaired) electrons. The summed E-state index contributed by atoms with van der Waals surface area (Å²) in [5, 5.41) is 31.1. The summed E-state index contributed by atoms with van der Waals surface area (Å²) >= 11 is 22.7. The Bertz CT molecular complexity index is 6680. The molecule has 0 nitrogen and oxygen atoms in total. The summed E-state index contributed by atoms with van der Waals surface area (Å²) in [5.41, 5.74) is 19.8. The Kier molecular flexibility index (Phi) is 15.4. The Hall–Kier alpha value is -6.38. The van der Waals surface area contributed by atoms with Crippen molar-refractivity contribution in [1.29, 1.82) is 0 Å². The van der Waals surface area contributed by atoms with E-state index >= 15 is 0 Å². The Morgan fingerprint density at radius 2 is 0.265 bits per heavy atom. The van der Waals surface area contributed by atoms with Crippen LogP contribution in [0.4, 0.5) is 0 Å². The summed E-state index contributed by atoms with van der Waals surface area (Å²) in [7, 11) is 0. The first kappa shape index (κ1) is 64.0. The molecule has 102 heavy (non-hydrogen) atoms. The van der Waals surface area contributed by atoms with Crippen molar-refractivity contribution >= 4 is 310 Å². The third-order valence-corrected chi connectivity index (χ3v) is 30.4. The molecular weight excluding hydrogens is 2140 g/mol. The zero-order valence-electron chi connectivity index (χ0n) is 53.6. The first-order chi connectivity index (χ1) is 50.1. The zero-order valence-corrected chi connectivity index (χ0v) is 70.8. The smallest absolute Gasteiger partial charge is 0.0300 e. The van der Waals surface area contributed by atoms with Gasteiger partial charge in [0.2, 0.25) is 0 Å². The summed E-state index contributed by atoms with van der Waals surface area (Å²) < 4.78 is 10.0. The lowest BCUT2D eigenvalue weighted by molar-refractivity contribution is 1.62. The van der Waals surface area contributed by atoms with Crippen molar-refractivity contribution < 1.29 is 0 Å². The van der Waals surface area contributed by atoms with Crippen LogP contribution >= 0.6 is 181 Å². The van der Waals surface area contributed by atoms with E-state index in [4.69, 9.17) is 0 Å². The largest absolute Gasteiger partial charge is 0.0622 e. The second kappa shape index (κ2) is 24.6. The van der Waals surface area contributed by atoms with Crippen LogP contribution in [0.5, 0.6) is 0 Å². The van der Waals surface area contributed by atoms with Gasteiger partial charge in [-0.15, -0.1) is 0 Å². The fraction of sp³-hybridized carbons (Fsp3) is 0. The number of hydrogen-bond acceptors (Lipinski definition) is 0. The lowest BCUT2D eigenvalue weighted by Gasteiger charge is -2.32. The van der Waals surface area contributed by atoms with Crippen LogP contribution in [0.25, 0.3) is 218 Å². The molecule has 0 aliphatic heterocycles. The molecule has 0 spiro atoms. The topological polar surface area (TPSA) is 0 Å². The molecule has 0 aliphatic rings. The van der Waals surface area contributed by atoms with E-state index in [2.05, 4.69) is 460 Å². The van der Waals surface area contributed by atoms with E-state index < -0.39 is 0 Å². The SMILES string of the molecule is Ic1c(-c2ccccc2)c2c3c(I)c(-c4ccccc4)c4c5c(I)c(-c6ccccc6)c6c7c(I)c(-c8ccccc8)c8cccc9c(I)c(-c%10ccccc%10)c(c%10c(I)c(-c%11ccccc%11)c(c%11c(I)c(-c%12ccccc%12)c(c%12c(I)c(-c%13ccccc%13)c%13cccc1c%13c2%12)c3c%114)c5c%106)c7c98. The minimum absolute atomic E-state index is 1.20. The summed E-state index contributed by atoms with van der Waals surface area (Å²) in [6.45, 7) is 0. The highest BCUT2D eigenvalue weighted by Gasteiger charge is 2.39. The monoisotopic (exact) mass is 2190 g/mol. The molecule has 21 aromatic rings. The standard InChI is InChI=1S/C94H46I8/c95-87-57-45-25-43-55-59(47-27-9-1-10-28-47)89(97)81-71-63(51-35-17-5-18-36-51)93(101)85-74-66(54-41-23-8-24-42-54)92(100)84-70-62(50-33-15-4-16-34-50)88(96)58-46-26-44-56-60(48-29-11-2-12-30-48)90(98)82(76(70)68(56)58)72-64(52-37-19-6-20-38-52)94(102)86(80(74)78(72)84)73-65(53-39-21-7-22-40-53)91(99)83(77(71)79(73)85)69(75(81)67(55)57)61(87)49-31-13-3-14-32-49/h1-46H. The van der Waals surface area contributed by atoms with Gasteiger partial charge in [-0.25, -0.2) is 0 Å². The van der Waals surface area contributed by atoms with Gasteiger partial charge in [0.05, 0.1) is 0 Å². The van der Waals surface area contributed by atoms with Crippen LogP contribution in [0.1, 0.15) is 0 Å². The minimum Gasteiger partial charge on any atom is -0.0622 e. The van der Waals surface area contributed by atoms with Crippen molar-refractivity contribution in [2.75, 3.05) is 0 Å². The Morgan fingerprint density at radius 3 is 0.471 bits per heavy atom. The summed E-state index contributed by atoms with van der Waals surface area (Å²) in [5.74, 6) is 0. The highest BCUT2D eigenvalue weighted by Crippen LogP contribution is 2.65. The van der Waals surface area contributed by atoms with E-state index in [-0.39, 0.29) is 0 Å². The molecule has 478 valence electrons. The maximum absolute atomic E-state index is 2.89. The molecule has 0 amide bonds. The third kappa shape index (κ3) is 8.83. The number of hydrogen-bond donors (Lipinski definition) is 0. The first-order valence-corrected chi connectivity index (χ1v) is 42.4. The minimum atomic E-state index is 1.20. The Labute approximate surface area is 696 Å². The van der Waals surface area contributed by atoms with Crippen LogP contribution in [0.2, 0.25) is 0 Å². The molecule has 0 atom stereocenters. The van der Waals surface area contributed by atoms with Crippen molar-refractivity contribution in [3.63, 3.8) is 0 Å². The van der Waals surface area contributed by atoms with Gasteiger partial charge in [0, 0.05) is 170 Å². The van der Waals surface area contributed by atoms with E-state index in [9.17, 15) is 0 Å². The number of halogens is 8. The van der Waals surface area contributed by atoms with Gasteiger partial charge < -0.3 is 0 Å². The maximum Gasteiger partial charge on any atom is 0.0300 e. The zero-order chi connectivity index (χ0) is 68.2. The van der Waals surface area contributed by atoms with Gasteiger partial charge in [-0.05, 0) is 258 Å². The van der Waals surface area contributed by atoms with Gasteiger partial charge in [0.15, 0.2) is 0 Å². The van der Waals surface area contributed by atoms with Gasteiger partial charge in [-0.2, -0.15) is 0 Å². The molecule has 0 saturated heterocycles. The summed E-state index contributed by atoms with van der Waals surface area (Å²) in [6.07, 6.45) is 0. The predicted molar refractivity (Wildman–Crippen MR) is 506 cm³/mol. The second-order valence-electron chi connectivity index (χ2n) is 26.6. The molecule has 0 fully saturated rings. The van der Waals surface area contributed by atoms with Crippen LogP contribution < -0.4 is 0 Å².